The minimum atomic E-state index is 0.312. The van der Waals surface area contributed by atoms with Gasteiger partial charge in [0.2, 0.25) is 0 Å². The molecule has 0 bridgehead atoms. The maximum absolute atomic E-state index is 9.19. The Morgan fingerprint density at radius 2 is 2.00 bits per heavy atom. The van der Waals surface area contributed by atoms with Crippen molar-refractivity contribution in [2.75, 3.05) is 13.2 Å². The Morgan fingerprint density at radius 3 is 2.70 bits per heavy atom. The molecule has 112 valence electrons. The van der Waals surface area contributed by atoms with Crippen molar-refractivity contribution in [3.63, 3.8) is 0 Å². The molecule has 2 rings (SSSR count). The predicted octanol–water partition coefficient (Wildman–Crippen LogP) is 3.18. The van der Waals surface area contributed by atoms with Crippen LogP contribution in [0, 0.1) is 11.8 Å². The lowest BCUT2D eigenvalue weighted by Gasteiger charge is -2.28. The zero-order valence-electron chi connectivity index (χ0n) is 12.9. The number of benzene rings is 1. The molecule has 0 spiro atoms. The molecule has 2 nitrogen and oxygen atoms in total. The summed E-state index contributed by atoms with van der Waals surface area (Å²) in [5, 5.41) is 12.9. The number of fused-ring (bicyclic) bond motifs is 1. The quantitative estimate of drug-likeness (QED) is 0.801. The molecule has 2 N–H and O–H groups in total. The number of hydrogen-bond acceptors (Lipinski definition) is 2. The maximum atomic E-state index is 9.19. The Morgan fingerprint density at radius 1 is 1.25 bits per heavy atom. The largest absolute Gasteiger partial charge is 0.396 e. The number of aryl methyl sites for hydroxylation is 1. The van der Waals surface area contributed by atoms with Crippen LogP contribution in [0.4, 0.5) is 0 Å². The minimum absolute atomic E-state index is 0.312. The molecule has 1 aromatic carbocycles. The van der Waals surface area contributed by atoms with Gasteiger partial charge in [0.1, 0.15) is 0 Å². The molecule has 0 fully saturated rings. The van der Waals surface area contributed by atoms with Gasteiger partial charge in [0.15, 0.2) is 0 Å². The number of aliphatic hydroxyl groups is 1. The van der Waals surface area contributed by atoms with Crippen LogP contribution < -0.4 is 5.32 Å². The van der Waals surface area contributed by atoms with Gasteiger partial charge in [-0.15, -0.1) is 0 Å². The normalized spacial score (nSPS) is 19.9. The Balaban J connectivity index is 1.82. The molecule has 2 atom stereocenters. The van der Waals surface area contributed by atoms with Gasteiger partial charge in [-0.3, -0.25) is 0 Å². The molecule has 0 heterocycles. The number of rotatable bonds is 7. The van der Waals surface area contributed by atoms with Crippen LogP contribution in [0.15, 0.2) is 24.3 Å². The van der Waals surface area contributed by atoms with Gasteiger partial charge in [0.25, 0.3) is 0 Å². The van der Waals surface area contributed by atoms with Crippen molar-refractivity contribution in [2.24, 2.45) is 11.8 Å². The Kier molecular flexibility index (Phi) is 6.06. The number of hydrogen-bond donors (Lipinski definition) is 2. The van der Waals surface area contributed by atoms with E-state index in [2.05, 4.69) is 43.4 Å². The van der Waals surface area contributed by atoms with E-state index >= 15 is 0 Å². The molecule has 1 aliphatic carbocycles. The molecule has 2 unspecified atom stereocenters. The molecule has 20 heavy (non-hydrogen) atoms. The average molecular weight is 275 g/mol. The highest BCUT2D eigenvalue weighted by molar-refractivity contribution is 5.30. The van der Waals surface area contributed by atoms with E-state index in [0.717, 1.165) is 19.4 Å². The number of nitrogens with one attached hydrogen (secondary N) is 1. The van der Waals surface area contributed by atoms with E-state index in [1.54, 1.807) is 0 Å². The second-order valence-corrected chi connectivity index (χ2v) is 6.62. The first kappa shape index (κ1) is 15.5. The monoisotopic (exact) mass is 275 g/mol. The third-order valence-electron chi connectivity index (χ3n) is 4.38. The summed E-state index contributed by atoms with van der Waals surface area (Å²) in [6.07, 6.45) is 5.72. The molecule has 0 saturated carbocycles. The van der Waals surface area contributed by atoms with E-state index in [-0.39, 0.29) is 0 Å². The standard InChI is InChI=1S/C18H29NO/c1-14(2)11-15(9-10-20)13-19-18-8-7-16-5-3-4-6-17(16)12-18/h3-6,14-15,18-20H,7-13H2,1-2H3. The fourth-order valence-electron chi connectivity index (χ4n) is 3.36. The zero-order chi connectivity index (χ0) is 14.4. The van der Waals surface area contributed by atoms with Crippen molar-refractivity contribution in [3.05, 3.63) is 35.4 Å². The summed E-state index contributed by atoms with van der Waals surface area (Å²) in [4.78, 5) is 0. The lowest BCUT2D eigenvalue weighted by Crippen LogP contribution is -2.38. The minimum Gasteiger partial charge on any atom is -0.396 e. The van der Waals surface area contributed by atoms with Crippen molar-refractivity contribution >= 4 is 0 Å². The lowest BCUT2D eigenvalue weighted by molar-refractivity contribution is 0.234. The Bertz CT molecular complexity index is 402. The molecule has 0 amide bonds. The van der Waals surface area contributed by atoms with Gasteiger partial charge in [-0.2, -0.15) is 0 Å². The first-order valence-corrected chi connectivity index (χ1v) is 8.10. The zero-order valence-corrected chi connectivity index (χ0v) is 12.9. The van der Waals surface area contributed by atoms with Crippen LogP contribution in [0.25, 0.3) is 0 Å². The second-order valence-electron chi connectivity index (χ2n) is 6.62. The van der Waals surface area contributed by atoms with E-state index in [4.69, 9.17) is 0 Å². The van der Waals surface area contributed by atoms with Gasteiger partial charge in [-0.05, 0) is 61.6 Å². The van der Waals surface area contributed by atoms with Crippen LogP contribution in [0.5, 0.6) is 0 Å². The molecule has 1 aromatic rings. The van der Waals surface area contributed by atoms with Crippen LogP contribution in [-0.2, 0) is 12.8 Å². The van der Waals surface area contributed by atoms with Crippen LogP contribution in [-0.4, -0.2) is 24.3 Å². The highest BCUT2D eigenvalue weighted by Gasteiger charge is 2.19. The summed E-state index contributed by atoms with van der Waals surface area (Å²) >= 11 is 0. The van der Waals surface area contributed by atoms with Gasteiger partial charge >= 0.3 is 0 Å². The van der Waals surface area contributed by atoms with Crippen LogP contribution in [0.1, 0.15) is 44.2 Å². The molecule has 0 aromatic heterocycles. The summed E-state index contributed by atoms with van der Waals surface area (Å²) in [6, 6.07) is 9.43. The summed E-state index contributed by atoms with van der Waals surface area (Å²) in [6.45, 7) is 5.89. The first-order chi connectivity index (χ1) is 9.69. The fourth-order valence-corrected chi connectivity index (χ4v) is 3.36. The van der Waals surface area contributed by atoms with Crippen molar-refractivity contribution in [1.82, 2.24) is 5.32 Å². The third kappa shape index (κ3) is 4.60. The van der Waals surface area contributed by atoms with E-state index < -0.39 is 0 Å². The number of aliphatic hydroxyl groups excluding tert-OH is 1. The smallest absolute Gasteiger partial charge is 0.0434 e. The van der Waals surface area contributed by atoms with E-state index in [1.165, 1.54) is 30.4 Å². The van der Waals surface area contributed by atoms with Crippen LogP contribution >= 0.6 is 0 Å². The van der Waals surface area contributed by atoms with E-state index in [9.17, 15) is 5.11 Å². The van der Waals surface area contributed by atoms with Gasteiger partial charge < -0.3 is 10.4 Å². The summed E-state index contributed by atoms with van der Waals surface area (Å²) in [5.74, 6) is 1.32. The molecule has 0 saturated heterocycles. The summed E-state index contributed by atoms with van der Waals surface area (Å²) in [5.41, 5.74) is 3.04. The van der Waals surface area contributed by atoms with Crippen molar-refractivity contribution in [2.45, 2.75) is 52.0 Å². The SMILES string of the molecule is CC(C)CC(CCO)CNC1CCc2ccccc2C1. The van der Waals surface area contributed by atoms with Gasteiger partial charge in [-0.1, -0.05) is 38.1 Å². The van der Waals surface area contributed by atoms with Crippen molar-refractivity contribution in [1.29, 1.82) is 0 Å². The van der Waals surface area contributed by atoms with E-state index in [1.807, 2.05) is 0 Å². The highest BCUT2D eigenvalue weighted by atomic mass is 16.3. The van der Waals surface area contributed by atoms with Crippen molar-refractivity contribution < 1.29 is 5.11 Å². The van der Waals surface area contributed by atoms with Crippen LogP contribution in [0.2, 0.25) is 0 Å². The highest BCUT2D eigenvalue weighted by Crippen LogP contribution is 2.22. The van der Waals surface area contributed by atoms with Gasteiger partial charge in [0, 0.05) is 12.6 Å². The van der Waals surface area contributed by atoms with Crippen LogP contribution in [0.3, 0.4) is 0 Å². The molecular formula is C18H29NO. The molecule has 2 heteroatoms. The average Bonchev–Trinajstić information content (AvgIpc) is 2.44. The molecule has 0 radical (unpaired) electrons. The topological polar surface area (TPSA) is 32.3 Å². The third-order valence-corrected chi connectivity index (χ3v) is 4.38. The van der Waals surface area contributed by atoms with Crippen molar-refractivity contribution in [3.8, 4) is 0 Å². The second kappa shape index (κ2) is 7.80. The van der Waals surface area contributed by atoms with Gasteiger partial charge in [0.05, 0.1) is 0 Å². The van der Waals surface area contributed by atoms with E-state index in [0.29, 0.717) is 24.5 Å². The summed E-state index contributed by atoms with van der Waals surface area (Å²) in [7, 11) is 0. The molecular weight excluding hydrogens is 246 g/mol. The fraction of sp³-hybridized carbons (Fsp3) is 0.667. The van der Waals surface area contributed by atoms with Gasteiger partial charge in [-0.25, -0.2) is 0 Å². The predicted molar refractivity (Wildman–Crippen MR) is 84.9 cm³/mol. The first-order valence-electron chi connectivity index (χ1n) is 8.10. The maximum Gasteiger partial charge on any atom is 0.0434 e. The Hall–Kier alpha value is -0.860. The Labute approximate surface area is 123 Å². The lowest BCUT2D eigenvalue weighted by atomic mass is 9.87. The summed E-state index contributed by atoms with van der Waals surface area (Å²) < 4.78 is 0. The molecule has 0 aliphatic heterocycles. The molecule has 1 aliphatic rings.